The molecule has 0 atom stereocenters. The van der Waals surface area contributed by atoms with Gasteiger partial charge in [-0.25, -0.2) is 5.01 Å². The van der Waals surface area contributed by atoms with Crippen LogP contribution in [-0.4, -0.2) is 33.5 Å². The van der Waals surface area contributed by atoms with Crippen LogP contribution in [0.3, 0.4) is 0 Å². The zero-order chi connectivity index (χ0) is 17.7. The van der Waals surface area contributed by atoms with Crippen LogP contribution in [0.4, 0.5) is 11.4 Å². The van der Waals surface area contributed by atoms with E-state index in [1.165, 1.54) is 17.1 Å². The second-order valence-electron chi connectivity index (χ2n) is 4.93. The molecule has 0 amide bonds. The molecule has 0 N–H and O–H groups in total. The van der Waals surface area contributed by atoms with Gasteiger partial charge in [0.05, 0.1) is 10.6 Å². The molecule has 2 rings (SSSR count). The highest BCUT2D eigenvalue weighted by atomic mass is 32.1. The molecule has 24 heavy (non-hydrogen) atoms. The van der Waals surface area contributed by atoms with E-state index < -0.39 is 4.92 Å². The fourth-order valence-corrected chi connectivity index (χ4v) is 2.86. The molecule has 124 valence electrons. The SMILES string of the molecule is CN(C)N(C([O-])=S=C=S)c1ccc([N+](=O)[O-])cc1-c1ccccc1. The Morgan fingerprint density at radius 1 is 1.21 bits per heavy atom. The van der Waals surface area contributed by atoms with Crippen LogP contribution in [0, 0.1) is 10.1 Å². The van der Waals surface area contributed by atoms with Gasteiger partial charge in [0, 0.05) is 41.3 Å². The number of hydrazine groups is 1. The van der Waals surface area contributed by atoms with Crippen molar-refractivity contribution in [3.63, 3.8) is 0 Å². The lowest BCUT2D eigenvalue weighted by atomic mass is 10.0. The molecular formula is C16H14N3O3S2-. The van der Waals surface area contributed by atoms with Crippen LogP contribution in [0.25, 0.3) is 11.1 Å². The van der Waals surface area contributed by atoms with Crippen molar-refractivity contribution in [2.75, 3.05) is 19.1 Å². The van der Waals surface area contributed by atoms with Crippen LogP contribution in [0.1, 0.15) is 0 Å². The lowest BCUT2D eigenvalue weighted by Crippen LogP contribution is -2.47. The third kappa shape index (κ3) is 3.94. The molecular weight excluding hydrogens is 346 g/mol. The van der Waals surface area contributed by atoms with E-state index in [9.17, 15) is 15.2 Å². The lowest BCUT2D eigenvalue weighted by Gasteiger charge is -2.36. The summed E-state index contributed by atoms with van der Waals surface area (Å²) in [5, 5.41) is 26.1. The second-order valence-corrected chi connectivity index (χ2v) is 6.15. The number of nitrogens with zero attached hydrogens (tertiary/aromatic N) is 3. The molecule has 0 saturated heterocycles. The normalized spacial score (nSPS) is 10.2. The van der Waals surface area contributed by atoms with E-state index >= 15 is 0 Å². The summed E-state index contributed by atoms with van der Waals surface area (Å²) < 4.78 is 2.34. The summed E-state index contributed by atoms with van der Waals surface area (Å²) in [7, 11) is 4.17. The molecule has 0 radical (unpaired) electrons. The zero-order valence-electron chi connectivity index (χ0n) is 13.0. The summed E-state index contributed by atoms with van der Waals surface area (Å²) in [6.07, 6.45) is 0. The number of non-ortho nitro benzene ring substituents is 1. The Morgan fingerprint density at radius 3 is 2.42 bits per heavy atom. The Morgan fingerprint density at radius 2 is 1.88 bits per heavy atom. The molecule has 0 bridgehead atoms. The minimum absolute atomic E-state index is 0.0437. The summed E-state index contributed by atoms with van der Waals surface area (Å²) in [6.45, 7) is 0. The fraction of sp³-hybridized carbons (Fsp3) is 0.125. The van der Waals surface area contributed by atoms with Crippen molar-refractivity contribution in [1.82, 2.24) is 5.01 Å². The number of hydrogen-bond donors (Lipinski definition) is 0. The van der Waals surface area contributed by atoms with Crippen molar-refractivity contribution in [2.24, 2.45) is 0 Å². The Hall–Kier alpha value is -2.35. The maximum Gasteiger partial charge on any atom is 0.270 e. The first-order chi connectivity index (χ1) is 11.5. The molecule has 6 nitrogen and oxygen atoms in total. The molecule has 0 aliphatic rings. The van der Waals surface area contributed by atoms with Crippen molar-refractivity contribution in [2.45, 2.75) is 0 Å². The highest BCUT2D eigenvalue weighted by molar-refractivity contribution is 8.04. The van der Waals surface area contributed by atoms with Gasteiger partial charge < -0.3 is 5.11 Å². The minimum atomic E-state index is -0.461. The van der Waals surface area contributed by atoms with E-state index in [1.54, 1.807) is 25.2 Å². The molecule has 8 heteroatoms. The number of hydrogen-bond acceptors (Lipinski definition) is 5. The Kier molecular flexibility index (Phi) is 5.97. The second kappa shape index (κ2) is 7.96. The predicted molar refractivity (Wildman–Crippen MR) is 99.9 cm³/mol. The number of nitro groups is 1. The zero-order valence-corrected chi connectivity index (χ0v) is 14.6. The molecule has 0 spiro atoms. The van der Waals surface area contributed by atoms with E-state index in [2.05, 4.69) is 16.5 Å². The van der Waals surface area contributed by atoms with Crippen LogP contribution >= 0.6 is 23.2 Å². The quantitative estimate of drug-likeness (QED) is 0.474. The monoisotopic (exact) mass is 360 g/mol. The van der Waals surface area contributed by atoms with Crippen molar-refractivity contribution >= 4 is 44.0 Å². The number of thiocarbonyl (C=S) groups is 1. The number of nitro benzene ring substituents is 1. The molecule has 2 aromatic carbocycles. The van der Waals surface area contributed by atoms with Crippen molar-refractivity contribution in [3.8, 4) is 11.1 Å². The van der Waals surface area contributed by atoms with Gasteiger partial charge in [-0.1, -0.05) is 41.3 Å². The van der Waals surface area contributed by atoms with E-state index in [0.29, 0.717) is 11.3 Å². The minimum Gasteiger partial charge on any atom is -0.804 e. The molecule has 0 saturated carbocycles. The van der Waals surface area contributed by atoms with Crippen molar-refractivity contribution < 1.29 is 10.0 Å². The Labute approximate surface area is 148 Å². The topological polar surface area (TPSA) is 72.7 Å². The first kappa shape index (κ1) is 18.0. The molecule has 2 aromatic rings. The summed E-state index contributed by atoms with van der Waals surface area (Å²) in [5.41, 5.74) is 1.83. The van der Waals surface area contributed by atoms with E-state index in [-0.39, 0.29) is 10.9 Å². The van der Waals surface area contributed by atoms with Crippen LogP contribution in [0.15, 0.2) is 48.5 Å². The average Bonchev–Trinajstić information content (AvgIpc) is 2.56. The van der Waals surface area contributed by atoms with E-state index in [1.807, 2.05) is 30.3 Å². The summed E-state index contributed by atoms with van der Waals surface area (Å²) >= 11 is 4.62. The third-order valence-corrected chi connectivity index (χ3v) is 3.89. The van der Waals surface area contributed by atoms with Gasteiger partial charge in [-0.3, -0.25) is 15.1 Å². The van der Waals surface area contributed by atoms with E-state index in [4.69, 9.17) is 0 Å². The Bertz CT molecular complexity index is 843. The van der Waals surface area contributed by atoms with Crippen LogP contribution < -0.4 is 10.1 Å². The van der Waals surface area contributed by atoms with Crippen LogP contribution in [0.2, 0.25) is 0 Å². The van der Waals surface area contributed by atoms with Gasteiger partial charge >= 0.3 is 0 Å². The first-order valence-electron chi connectivity index (χ1n) is 6.85. The highest BCUT2D eigenvalue weighted by Gasteiger charge is 2.18. The largest absolute Gasteiger partial charge is 0.804 e. The molecule has 0 heterocycles. The molecule has 0 aliphatic carbocycles. The van der Waals surface area contributed by atoms with Crippen molar-refractivity contribution in [3.05, 3.63) is 58.6 Å². The van der Waals surface area contributed by atoms with Gasteiger partial charge in [-0.2, -0.15) is 0 Å². The van der Waals surface area contributed by atoms with Gasteiger partial charge in [0.15, 0.2) is 0 Å². The fourth-order valence-electron chi connectivity index (χ4n) is 2.23. The summed E-state index contributed by atoms with van der Waals surface area (Å²) in [5.74, 6) is 0. The standard InChI is InChI=1S/C16H15N3O3S2/c1-17(2)18(16(20)24-11-23)15-9-8-13(19(21)22)10-14(15)12-6-4-3-5-7-12/h3-10,20H,1-2H3/p-1. The maximum absolute atomic E-state index is 12.4. The molecule has 0 aliphatic heterocycles. The van der Waals surface area contributed by atoms with Gasteiger partial charge in [0.1, 0.15) is 0 Å². The lowest BCUT2D eigenvalue weighted by molar-refractivity contribution is -0.384. The molecule has 0 unspecified atom stereocenters. The predicted octanol–water partition coefficient (Wildman–Crippen LogP) is 2.56. The van der Waals surface area contributed by atoms with Gasteiger partial charge in [-0.05, 0) is 23.8 Å². The van der Waals surface area contributed by atoms with Crippen LogP contribution in [0.5, 0.6) is 0 Å². The van der Waals surface area contributed by atoms with Crippen LogP contribution in [-0.2, 0) is 0 Å². The van der Waals surface area contributed by atoms with Gasteiger partial charge in [-0.15, -0.1) is 0 Å². The van der Waals surface area contributed by atoms with Gasteiger partial charge in [0.25, 0.3) is 5.69 Å². The highest BCUT2D eigenvalue weighted by Crippen LogP contribution is 2.34. The average molecular weight is 360 g/mol. The van der Waals surface area contributed by atoms with Crippen molar-refractivity contribution in [1.29, 1.82) is 0 Å². The molecule has 0 fully saturated rings. The summed E-state index contributed by atoms with van der Waals surface area (Å²) in [4.78, 5) is 10.7. The van der Waals surface area contributed by atoms with Gasteiger partial charge in [0.2, 0.25) is 0 Å². The molecule has 0 aromatic heterocycles. The number of anilines is 1. The number of benzene rings is 2. The smallest absolute Gasteiger partial charge is 0.270 e. The third-order valence-electron chi connectivity index (χ3n) is 3.21. The summed E-state index contributed by atoms with van der Waals surface area (Å²) in [6, 6.07) is 13.6. The maximum atomic E-state index is 12.4. The number of rotatable bonds is 4. The van der Waals surface area contributed by atoms with E-state index in [0.717, 1.165) is 16.5 Å². The first-order valence-corrected chi connectivity index (χ1v) is 8.07. The Balaban J connectivity index is 2.75.